The number of ether oxygens (including phenoxy) is 1. The van der Waals surface area contributed by atoms with Gasteiger partial charge in [0, 0.05) is 25.7 Å². The van der Waals surface area contributed by atoms with Crippen molar-refractivity contribution in [2.24, 2.45) is 0 Å². The van der Waals surface area contributed by atoms with Gasteiger partial charge in [-0.15, -0.1) is 0 Å². The summed E-state index contributed by atoms with van der Waals surface area (Å²) in [6.45, 7) is 8.37. The molecule has 0 aromatic carbocycles. The summed E-state index contributed by atoms with van der Waals surface area (Å²) < 4.78 is 7.40. The van der Waals surface area contributed by atoms with Gasteiger partial charge in [0.15, 0.2) is 0 Å². The first kappa shape index (κ1) is 14.9. The summed E-state index contributed by atoms with van der Waals surface area (Å²) in [7, 11) is 1.77. The van der Waals surface area contributed by atoms with Gasteiger partial charge in [-0.2, -0.15) is 5.10 Å². The Labute approximate surface area is 120 Å². The molecule has 0 N–H and O–H groups in total. The second-order valence-corrected chi connectivity index (χ2v) is 6.75. The Bertz CT molecular complexity index is 472. The summed E-state index contributed by atoms with van der Waals surface area (Å²) in [5.74, 6) is 0.250. The number of carbonyl (C=O) groups is 1. The van der Waals surface area contributed by atoms with Crippen molar-refractivity contribution >= 4 is 6.09 Å². The van der Waals surface area contributed by atoms with E-state index >= 15 is 0 Å². The van der Waals surface area contributed by atoms with E-state index in [0.29, 0.717) is 12.6 Å². The molecule has 0 bridgehead atoms. The van der Waals surface area contributed by atoms with E-state index in [1.165, 1.54) is 18.4 Å². The molecule has 1 fully saturated rings. The van der Waals surface area contributed by atoms with Crippen LogP contribution in [0.15, 0.2) is 12.4 Å². The molecule has 1 atom stereocenters. The highest BCUT2D eigenvalue weighted by Gasteiger charge is 2.25. The molecular weight excluding hydrogens is 254 g/mol. The van der Waals surface area contributed by atoms with E-state index in [2.05, 4.69) is 18.2 Å². The van der Waals surface area contributed by atoms with E-state index in [4.69, 9.17) is 4.74 Å². The highest BCUT2D eigenvalue weighted by Crippen LogP contribution is 2.34. The van der Waals surface area contributed by atoms with Gasteiger partial charge in [-0.05, 0) is 39.2 Å². The Balaban J connectivity index is 1.89. The van der Waals surface area contributed by atoms with E-state index in [-0.39, 0.29) is 12.0 Å². The van der Waals surface area contributed by atoms with Crippen LogP contribution in [-0.4, -0.2) is 40.0 Å². The van der Waals surface area contributed by atoms with E-state index < -0.39 is 5.60 Å². The molecule has 5 nitrogen and oxygen atoms in total. The average Bonchev–Trinajstić information content (AvgIpc) is 3.04. The lowest BCUT2D eigenvalue weighted by Crippen LogP contribution is -2.36. The van der Waals surface area contributed by atoms with Gasteiger partial charge in [-0.3, -0.25) is 4.68 Å². The zero-order valence-electron chi connectivity index (χ0n) is 13.1. The van der Waals surface area contributed by atoms with Crippen LogP contribution in [0.1, 0.15) is 58.1 Å². The fourth-order valence-corrected chi connectivity index (χ4v) is 2.08. The van der Waals surface area contributed by atoms with Crippen molar-refractivity contribution in [3.05, 3.63) is 18.0 Å². The van der Waals surface area contributed by atoms with Gasteiger partial charge >= 0.3 is 6.09 Å². The van der Waals surface area contributed by atoms with Crippen LogP contribution in [0, 0.1) is 0 Å². The fraction of sp³-hybridized carbons (Fsp3) is 0.733. The highest BCUT2D eigenvalue weighted by atomic mass is 16.6. The Hall–Kier alpha value is -1.52. The minimum Gasteiger partial charge on any atom is -0.444 e. The summed E-state index contributed by atoms with van der Waals surface area (Å²) in [4.78, 5) is 13.6. The van der Waals surface area contributed by atoms with Crippen LogP contribution < -0.4 is 0 Å². The first-order chi connectivity index (χ1) is 9.26. The van der Waals surface area contributed by atoms with Crippen molar-refractivity contribution in [3.8, 4) is 0 Å². The number of carbonyl (C=O) groups excluding carboxylic acids is 1. The molecule has 0 radical (unpaired) electrons. The van der Waals surface area contributed by atoms with E-state index in [1.807, 2.05) is 31.6 Å². The number of aromatic nitrogens is 2. The number of rotatable bonds is 4. The van der Waals surface area contributed by atoms with Crippen LogP contribution in [-0.2, 0) is 4.74 Å². The largest absolute Gasteiger partial charge is 0.444 e. The summed E-state index contributed by atoms with van der Waals surface area (Å²) in [6, 6.07) is 0.597. The Morgan fingerprint density at radius 1 is 1.55 bits per heavy atom. The third-order valence-corrected chi connectivity index (χ3v) is 3.36. The Morgan fingerprint density at radius 3 is 2.75 bits per heavy atom. The number of hydrogen-bond acceptors (Lipinski definition) is 3. The second-order valence-electron chi connectivity index (χ2n) is 6.75. The van der Waals surface area contributed by atoms with Crippen molar-refractivity contribution < 1.29 is 9.53 Å². The van der Waals surface area contributed by atoms with Gasteiger partial charge in [0.1, 0.15) is 5.60 Å². The van der Waals surface area contributed by atoms with Crippen LogP contribution in [0.4, 0.5) is 4.79 Å². The predicted molar refractivity (Wildman–Crippen MR) is 77.8 cm³/mol. The first-order valence-corrected chi connectivity index (χ1v) is 7.24. The fourth-order valence-electron chi connectivity index (χ4n) is 2.08. The van der Waals surface area contributed by atoms with Crippen molar-refractivity contribution in [3.63, 3.8) is 0 Å². The van der Waals surface area contributed by atoms with Crippen LogP contribution in [0.3, 0.4) is 0 Å². The number of nitrogens with zero attached hydrogens (tertiary/aromatic N) is 3. The van der Waals surface area contributed by atoms with Crippen molar-refractivity contribution in [1.29, 1.82) is 0 Å². The normalized spacial score (nSPS) is 16.9. The lowest BCUT2D eigenvalue weighted by atomic mass is 10.1. The minimum atomic E-state index is -0.453. The molecule has 1 unspecified atom stereocenters. The van der Waals surface area contributed by atoms with Crippen LogP contribution in [0.25, 0.3) is 0 Å². The summed E-state index contributed by atoms with van der Waals surface area (Å²) >= 11 is 0. The molecule has 5 heteroatoms. The zero-order chi connectivity index (χ0) is 14.9. The maximum atomic E-state index is 11.9. The minimum absolute atomic E-state index is 0.250. The van der Waals surface area contributed by atoms with E-state index in [9.17, 15) is 4.79 Å². The SMILES string of the molecule is CC(CN(C)C(=O)OC(C)(C)C)c1cnn(C2CC2)c1. The molecule has 1 aliphatic carbocycles. The molecule has 2 rings (SSSR count). The third kappa shape index (κ3) is 3.99. The van der Waals surface area contributed by atoms with Gasteiger partial charge < -0.3 is 9.64 Å². The second kappa shape index (κ2) is 5.46. The molecule has 0 saturated heterocycles. The van der Waals surface area contributed by atoms with Gasteiger partial charge in [0.25, 0.3) is 0 Å². The highest BCUT2D eigenvalue weighted by molar-refractivity contribution is 5.67. The summed E-state index contributed by atoms with van der Waals surface area (Å²) in [5, 5.41) is 4.39. The number of amides is 1. The zero-order valence-corrected chi connectivity index (χ0v) is 13.1. The molecule has 20 heavy (non-hydrogen) atoms. The van der Waals surface area contributed by atoms with Crippen LogP contribution in [0.5, 0.6) is 0 Å². The monoisotopic (exact) mass is 279 g/mol. The van der Waals surface area contributed by atoms with E-state index in [1.54, 1.807) is 11.9 Å². The van der Waals surface area contributed by atoms with Crippen molar-refractivity contribution in [2.75, 3.05) is 13.6 Å². The van der Waals surface area contributed by atoms with Crippen molar-refractivity contribution in [2.45, 2.75) is 58.1 Å². The van der Waals surface area contributed by atoms with Gasteiger partial charge in [-0.25, -0.2) is 4.79 Å². The van der Waals surface area contributed by atoms with Gasteiger partial charge in [0.05, 0.1) is 12.2 Å². The molecular formula is C15H25N3O2. The maximum Gasteiger partial charge on any atom is 0.410 e. The quantitative estimate of drug-likeness (QED) is 0.850. The smallest absolute Gasteiger partial charge is 0.410 e. The predicted octanol–water partition coefficient (Wildman–Crippen LogP) is 3.19. The van der Waals surface area contributed by atoms with E-state index in [0.717, 1.165) is 0 Å². The molecule has 1 heterocycles. The number of likely N-dealkylation sites (N-methyl/N-ethyl adjacent to an activating group) is 1. The molecule has 1 saturated carbocycles. The van der Waals surface area contributed by atoms with Gasteiger partial charge in [-0.1, -0.05) is 6.92 Å². The molecule has 1 aromatic rings. The molecule has 1 aromatic heterocycles. The lowest BCUT2D eigenvalue weighted by Gasteiger charge is -2.26. The lowest BCUT2D eigenvalue weighted by molar-refractivity contribution is 0.0291. The standard InChI is InChI=1S/C15H25N3O2/c1-11(9-17(5)14(19)20-15(2,3)4)12-8-16-18(10-12)13-6-7-13/h8,10-11,13H,6-7,9H2,1-5H3. The molecule has 1 amide bonds. The Morgan fingerprint density at radius 2 is 2.20 bits per heavy atom. The molecule has 0 spiro atoms. The Kier molecular flexibility index (Phi) is 4.06. The van der Waals surface area contributed by atoms with Crippen molar-refractivity contribution in [1.82, 2.24) is 14.7 Å². The summed E-state index contributed by atoms with van der Waals surface area (Å²) in [6.07, 6.45) is 6.19. The molecule has 0 aliphatic heterocycles. The number of hydrogen-bond donors (Lipinski definition) is 0. The van der Waals surface area contributed by atoms with Gasteiger partial charge in [0.2, 0.25) is 0 Å². The van der Waals surface area contributed by atoms with Crippen LogP contribution >= 0.6 is 0 Å². The maximum absolute atomic E-state index is 11.9. The summed E-state index contributed by atoms with van der Waals surface area (Å²) in [5.41, 5.74) is 0.720. The topological polar surface area (TPSA) is 47.4 Å². The molecule has 112 valence electrons. The third-order valence-electron chi connectivity index (χ3n) is 3.36. The average molecular weight is 279 g/mol. The molecule has 1 aliphatic rings. The first-order valence-electron chi connectivity index (χ1n) is 7.24. The van der Waals surface area contributed by atoms with Crippen LogP contribution in [0.2, 0.25) is 0 Å².